The Balaban J connectivity index is 0.000000337. The van der Waals surface area contributed by atoms with Crippen LogP contribution in [0.15, 0.2) is 0 Å². The van der Waals surface area contributed by atoms with Gasteiger partial charge in [-0.15, -0.1) is 0 Å². The number of likely N-dealkylation sites (tertiary alicyclic amines) is 1. The highest BCUT2D eigenvalue weighted by Crippen LogP contribution is 2.17. The van der Waals surface area contributed by atoms with Gasteiger partial charge < -0.3 is 15.3 Å². The Morgan fingerprint density at radius 2 is 1.67 bits per heavy atom. The van der Waals surface area contributed by atoms with Crippen LogP contribution in [0, 0.1) is 0 Å². The zero-order chi connectivity index (χ0) is 10.9. The van der Waals surface area contributed by atoms with E-state index in [2.05, 4.69) is 10.2 Å². The van der Waals surface area contributed by atoms with Gasteiger partial charge in [-0.2, -0.15) is 0 Å². The summed E-state index contributed by atoms with van der Waals surface area (Å²) in [7, 11) is 0. The molecule has 2 saturated heterocycles. The number of piperidine rings is 2. The molecule has 2 aliphatic heterocycles. The molecule has 2 N–H and O–H groups in total. The summed E-state index contributed by atoms with van der Waals surface area (Å²) in [6.07, 6.45) is 7.08. The molecular formula is C11H22N2O2. The largest absolute Gasteiger partial charge is 0.483 e. The van der Waals surface area contributed by atoms with Crippen molar-refractivity contribution in [1.29, 1.82) is 0 Å². The van der Waals surface area contributed by atoms with E-state index in [0.717, 1.165) is 6.04 Å². The van der Waals surface area contributed by atoms with Gasteiger partial charge in [0.25, 0.3) is 6.47 Å². The van der Waals surface area contributed by atoms with Crippen LogP contribution >= 0.6 is 0 Å². The SMILES string of the molecule is C1CCN(C2CCNCC2)CC1.O=CO. The van der Waals surface area contributed by atoms with Gasteiger partial charge in [0.2, 0.25) is 0 Å². The zero-order valence-electron chi connectivity index (χ0n) is 9.32. The Bertz CT molecular complexity index is 148. The molecule has 0 unspecified atom stereocenters. The number of hydrogen-bond acceptors (Lipinski definition) is 3. The zero-order valence-corrected chi connectivity index (χ0v) is 9.32. The average molecular weight is 214 g/mol. The van der Waals surface area contributed by atoms with Crippen LogP contribution in [0.25, 0.3) is 0 Å². The summed E-state index contributed by atoms with van der Waals surface area (Å²) in [4.78, 5) is 11.1. The first kappa shape index (κ1) is 12.5. The molecule has 0 saturated carbocycles. The summed E-state index contributed by atoms with van der Waals surface area (Å²) in [5, 5.41) is 10.3. The molecule has 0 aliphatic carbocycles. The fourth-order valence-corrected chi connectivity index (χ4v) is 2.46. The van der Waals surface area contributed by atoms with Gasteiger partial charge in [-0.05, 0) is 51.9 Å². The molecule has 88 valence electrons. The van der Waals surface area contributed by atoms with Gasteiger partial charge in [0.15, 0.2) is 0 Å². The number of carboxylic acid groups (broad SMARTS) is 1. The molecule has 15 heavy (non-hydrogen) atoms. The van der Waals surface area contributed by atoms with E-state index in [0.29, 0.717) is 0 Å². The van der Waals surface area contributed by atoms with Crippen LogP contribution in [0.2, 0.25) is 0 Å². The van der Waals surface area contributed by atoms with E-state index >= 15 is 0 Å². The maximum atomic E-state index is 8.36. The number of nitrogens with zero attached hydrogens (tertiary/aromatic N) is 1. The standard InChI is InChI=1S/C10H20N2.CH2O2/c1-2-8-12(9-3-1)10-4-6-11-7-5-10;2-1-3/h10-11H,1-9H2;1H,(H,2,3). The van der Waals surface area contributed by atoms with Crippen molar-refractivity contribution in [3.05, 3.63) is 0 Å². The summed E-state index contributed by atoms with van der Waals surface area (Å²) in [5.74, 6) is 0. The summed E-state index contributed by atoms with van der Waals surface area (Å²) in [6.45, 7) is 4.96. The van der Waals surface area contributed by atoms with Crippen molar-refractivity contribution in [2.24, 2.45) is 0 Å². The smallest absolute Gasteiger partial charge is 0.290 e. The molecule has 0 spiro atoms. The molecule has 0 aromatic carbocycles. The summed E-state index contributed by atoms with van der Waals surface area (Å²) in [6, 6.07) is 0.909. The van der Waals surface area contributed by atoms with Crippen LogP contribution in [0.1, 0.15) is 32.1 Å². The van der Waals surface area contributed by atoms with Crippen molar-refractivity contribution in [1.82, 2.24) is 10.2 Å². The van der Waals surface area contributed by atoms with E-state index in [1.165, 1.54) is 58.3 Å². The third-order valence-electron chi connectivity index (χ3n) is 3.22. The molecule has 2 fully saturated rings. The van der Waals surface area contributed by atoms with Gasteiger partial charge in [-0.3, -0.25) is 4.79 Å². The summed E-state index contributed by atoms with van der Waals surface area (Å²) in [5.41, 5.74) is 0. The van der Waals surface area contributed by atoms with E-state index in [-0.39, 0.29) is 6.47 Å². The Morgan fingerprint density at radius 1 is 1.13 bits per heavy atom. The van der Waals surface area contributed by atoms with Gasteiger partial charge in [-0.25, -0.2) is 0 Å². The molecule has 4 heteroatoms. The van der Waals surface area contributed by atoms with Crippen molar-refractivity contribution in [2.45, 2.75) is 38.1 Å². The third-order valence-corrected chi connectivity index (χ3v) is 3.22. The monoisotopic (exact) mass is 214 g/mol. The van der Waals surface area contributed by atoms with E-state index in [9.17, 15) is 0 Å². The Labute approximate surface area is 91.6 Å². The molecule has 0 bridgehead atoms. The normalized spacial score (nSPS) is 24.0. The van der Waals surface area contributed by atoms with Crippen LogP contribution < -0.4 is 5.32 Å². The summed E-state index contributed by atoms with van der Waals surface area (Å²) < 4.78 is 0. The Morgan fingerprint density at radius 3 is 2.20 bits per heavy atom. The minimum absolute atomic E-state index is 0.250. The van der Waals surface area contributed by atoms with Crippen molar-refractivity contribution >= 4 is 6.47 Å². The fourth-order valence-electron chi connectivity index (χ4n) is 2.46. The van der Waals surface area contributed by atoms with Crippen LogP contribution in [-0.4, -0.2) is 48.7 Å². The maximum absolute atomic E-state index is 8.36. The Kier molecular flexibility index (Phi) is 6.36. The molecule has 0 aromatic heterocycles. The van der Waals surface area contributed by atoms with Crippen molar-refractivity contribution in [3.8, 4) is 0 Å². The lowest BCUT2D eigenvalue weighted by Gasteiger charge is -2.36. The van der Waals surface area contributed by atoms with Crippen LogP contribution in [0.5, 0.6) is 0 Å². The second-order valence-electron chi connectivity index (χ2n) is 4.18. The highest BCUT2D eigenvalue weighted by molar-refractivity contribution is 5.32. The van der Waals surface area contributed by atoms with E-state index in [1.807, 2.05) is 0 Å². The van der Waals surface area contributed by atoms with Gasteiger partial charge in [0.05, 0.1) is 0 Å². The lowest BCUT2D eigenvalue weighted by Crippen LogP contribution is -2.45. The van der Waals surface area contributed by atoms with Gasteiger partial charge in [-0.1, -0.05) is 6.42 Å². The molecule has 2 rings (SSSR count). The molecule has 0 amide bonds. The van der Waals surface area contributed by atoms with Gasteiger partial charge in [0.1, 0.15) is 0 Å². The highest BCUT2D eigenvalue weighted by atomic mass is 16.3. The van der Waals surface area contributed by atoms with E-state index in [4.69, 9.17) is 9.90 Å². The number of hydrogen-bond donors (Lipinski definition) is 2. The van der Waals surface area contributed by atoms with Crippen molar-refractivity contribution in [3.63, 3.8) is 0 Å². The molecule has 0 aromatic rings. The molecular weight excluding hydrogens is 192 g/mol. The van der Waals surface area contributed by atoms with Crippen LogP contribution in [0.4, 0.5) is 0 Å². The maximum Gasteiger partial charge on any atom is 0.290 e. The second-order valence-corrected chi connectivity index (χ2v) is 4.18. The number of nitrogens with one attached hydrogen (secondary N) is 1. The first-order valence-corrected chi connectivity index (χ1v) is 5.91. The predicted octanol–water partition coefficient (Wildman–Crippen LogP) is 0.925. The molecule has 4 nitrogen and oxygen atoms in total. The predicted molar refractivity (Wildman–Crippen MR) is 60.0 cm³/mol. The van der Waals surface area contributed by atoms with Crippen molar-refractivity contribution < 1.29 is 9.90 Å². The highest BCUT2D eigenvalue weighted by Gasteiger charge is 2.21. The fraction of sp³-hybridized carbons (Fsp3) is 0.909. The third kappa shape index (κ3) is 4.62. The molecule has 0 atom stereocenters. The van der Waals surface area contributed by atoms with E-state index < -0.39 is 0 Å². The van der Waals surface area contributed by atoms with Crippen molar-refractivity contribution in [2.75, 3.05) is 26.2 Å². The number of rotatable bonds is 1. The lowest BCUT2D eigenvalue weighted by molar-refractivity contribution is -0.122. The number of carbonyl (C=O) groups is 1. The quantitative estimate of drug-likeness (QED) is 0.637. The molecule has 0 radical (unpaired) electrons. The van der Waals surface area contributed by atoms with Crippen LogP contribution in [-0.2, 0) is 4.79 Å². The summed E-state index contributed by atoms with van der Waals surface area (Å²) >= 11 is 0. The van der Waals surface area contributed by atoms with Gasteiger partial charge in [0, 0.05) is 6.04 Å². The first-order valence-electron chi connectivity index (χ1n) is 5.91. The van der Waals surface area contributed by atoms with E-state index in [1.54, 1.807) is 0 Å². The van der Waals surface area contributed by atoms with Crippen LogP contribution in [0.3, 0.4) is 0 Å². The minimum Gasteiger partial charge on any atom is -0.483 e. The second kappa shape index (κ2) is 7.65. The first-order chi connectivity index (χ1) is 7.38. The average Bonchev–Trinajstić information content (AvgIpc) is 2.32. The Hall–Kier alpha value is -0.610. The minimum atomic E-state index is -0.250. The molecule has 2 aliphatic rings. The lowest BCUT2D eigenvalue weighted by atomic mass is 10.0. The molecule has 2 heterocycles. The topological polar surface area (TPSA) is 52.6 Å². The van der Waals surface area contributed by atoms with Gasteiger partial charge >= 0.3 is 0 Å².